The predicted octanol–water partition coefficient (Wildman–Crippen LogP) is 2.84. The Kier molecular flexibility index (Phi) is 4.43. The zero-order valence-corrected chi connectivity index (χ0v) is 11.7. The van der Waals surface area contributed by atoms with Crippen molar-refractivity contribution in [3.05, 3.63) is 29.8 Å². The van der Waals surface area contributed by atoms with Crippen LogP contribution in [0.5, 0.6) is 0 Å². The number of rotatable bonds is 3. The minimum Gasteiger partial charge on any atom is -0.465 e. The van der Waals surface area contributed by atoms with Crippen molar-refractivity contribution in [1.82, 2.24) is 0 Å². The van der Waals surface area contributed by atoms with Crippen molar-refractivity contribution >= 4 is 11.7 Å². The van der Waals surface area contributed by atoms with Crippen LogP contribution < -0.4 is 5.32 Å². The lowest BCUT2D eigenvalue weighted by Gasteiger charge is -2.33. The van der Waals surface area contributed by atoms with E-state index < -0.39 is 0 Å². The highest BCUT2D eigenvalue weighted by atomic mass is 16.5. The minimum atomic E-state index is -0.308. The molecule has 1 aromatic rings. The maximum absolute atomic E-state index is 11.5. The van der Waals surface area contributed by atoms with Gasteiger partial charge in [0.2, 0.25) is 0 Å². The van der Waals surface area contributed by atoms with Crippen LogP contribution in [0.4, 0.5) is 5.69 Å². The number of benzene rings is 1. The van der Waals surface area contributed by atoms with Gasteiger partial charge in [-0.2, -0.15) is 0 Å². The van der Waals surface area contributed by atoms with Gasteiger partial charge in [0.05, 0.1) is 24.9 Å². The quantitative estimate of drug-likeness (QED) is 0.852. The van der Waals surface area contributed by atoms with Crippen LogP contribution in [0.3, 0.4) is 0 Å². The molecule has 2 rings (SSSR count). The molecule has 1 heterocycles. The van der Waals surface area contributed by atoms with Crippen LogP contribution in [0.25, 0.3) is 0 Å². The molecule has 1 fully saturated rings. The van der Waals surface area contributed by atoms with E-state index >= 15 is 0 Å². The first-order valence-corrected chi connectivity index (χ1v) is 6.69. The summed E-state index contributed by atoms with van der Waals surface area (Å²) in [5.74, 6) is -0.308. The van der Waals surface area contributed by atoms with Crippen LogP contribution in [0, 0.1) is 0 Å². The fourth-order valence-corrected chi connectivity index (χ4v) is 2.61. The van der Waals surface area contributed by atoms with Crippen LogP contribution in [-0.4, -0.2) is 31.3 Å². The number of hydrogen-bond acceptors (Lipinski definition) is 4. The Morgan fingerprint density at radius 2 is 2.00 bits per heavy atom. The summed E-state index contributed by atoms with van der Waals surface area (Å²) in [5, 5.41) is 3.47. The Balaban J connectivity index is 2.04. The van der Waals surface area contributed by atoms with Crippen molar-refractivity contribution in [3.8, 4) is 0 Å². The van der Waals surface area contributed by atoms with Gasteiger partial charge in [0, 0.05) is 11.7 Å². The highest BCUT2D eigenvalue weighted by Gasteiger charge is 2.24. The monoisotopic (exact) mass is 263 g/mol. The third-order valence-electron chi connectivity index (χ3n) is 3.35. The Morgan fingerprint density at radius 3 is 2.63 bits per heavy atom. The topological polar surface area (TPSA) is 47.6 Å². The normalized spacial score (nSPS) is 26.8. The molecule has 1 aromatic carbocycles. The summed E-state index contributed by atoms with van der Waals surface area (Å²) in [6.07, 6.45) is 2.50. The smallest absolute Gasteiger partial charge is 0.337 e. The van der Waals surface area contributed by atoms with Gasteiger partial charge < -0.3 is 14.8 Å². The largest absolute Gasteiger partial charge is 0.465 e. The summed E-state index contributed by atoms with van der Waals surface area (Å²) in [5.41, 5.74) is 1.52. The fourth-order valence-electron chi connectivity index (χ4n) is 2.61. The second kappa shape index (κ2) is 6.06. The molecular weight excluding hydrogens is 242 g/mol. The zero-order valence-electron chi connectivity index (χ0n) is 11.7. The molecule has 1 aliphatic heterocycles. The molecule has 1 N–H and O–H groups in total. The zero-order chi connectivity index (χ0) is 13.8. The maximum Gasteiger partial charge on any atom is 0.337 e. The molecule has 1 saturated heterocycles. The molecule has 0 aromatic heterocycles. The van der Waals surface area contributed by atoms with Crippen LogP contribution >= 0.6 is 0 Å². The standard InChI is InChI=1S/C15H21NO3/c1-10-7-14(8-11(2)19-10)16-13-6-4-5-12(9-13)15(17)18-3/h4-6,9-11,14,16H,7-8H2,1-3H3. The van der Waals surface area contributed by atoms with E-state index in [0.717, 1.165) is 18.5 Å². The molecule has 0 spiro atoms. The molecule has 19 heavy (non-hydrogen) atoms. The van der Waals surface area contributed by atoms with Crippen molar-refractivity contribution in [3.63, 3.8) is 0 Å². The van der Waals surface area contributed by atoms with Crippen LogP contribution in [-0.2, 0) is 9.47 Å². The third kappa shape index (κ3) is 3.70. The van der Waals surface area contributed by atoms with Crippen molar-refractivity contribution in [1.29, 1.82) is 0 Å². The van der Waals surface area contributed by atoms with Crippen molar-refractivity contribution in [2.45, 2.75) is 44.9 Å². The van der Waals surface area contributed by atoms with E-state index in [1.54, 1.807) is 6.07 Å². The number of methoxy groups -OCH3 is 1. The van der Waals surface area contributed by atoms with Gasteiger partial charge in [0.1, 0.15) is 0 Å². The summed E-state index contributed by atoms with van der Waals surface area (Å²) < 4.78 is 10.4. The number of carbonyl (C=O) groups is 1. The van der Waals surface area contributed by atoms with Gasteiger partial charge in [0.15, 0.2) is 0 Å². The molecule has 2 atom stereocenters. The molecule has 4 heteroatoms. The molecule has 0 amide bonds. The molecule has 1 aliphatic rings. The van der Waals surface area contributed by atoms with E-state index in [1.807, 2.05) is 18.2 Å². The average Bonchev–Trinajstić information content (AvgIpc) is 2.37. The molecule has 104 valence electrons. The summed E-state index contributed by atoms with van der Waals surface area (Å²) in [6.45, 7) is 4.18. The highest BCUT2D eigenvalue weighted by Crippen LogP contribution is 2.23. The number of nitrogens with one attached hydrogen (secondary N) is 1. The van der Waals surface area contributed by atoms with Crippen LogP contribution in [0.15, 0.2) is 24.3 Å². The number of anilines is 1. The average molecular weight is 263 g/mol. The van der Waals surface area contributed by atoms with Gasteiger partial charge in [-0.25, -0.2) is 4.79 Å². The van der Waals surface area contributed by atoms with Gasteiger partial charge in [-0.3, -0.25) is 0 Å². The predicted molar refractivity (Wildman–Crippen MR) is 74.4 cm³/mol. The van der Waals surface area contributed by atoms with E-state index in [9.17, 15) is 4.79 Å². The molecule has 0 aliphatic carbocycles. The lowest BCUT2D eigenvalue weighted by atomic mass is 9.99. The number of carbonyl (C=O) groups excluding carboxylic acids is 1. The molecular formula is C15H21NO3. The van der Waals surface area contributed by atoms with Gasteiger partial charge in [-0.1, -0.05) is 6.07 Å². The Morgan fingerprint density at radius 1 is 1.32 bits per heavy atom. The van der Waals surface area contributed by atoms with Crippen molar-refractivity contribution < 1.29 is 14.3 Å². The molecule has 4 nitrogen and oxygen atoms in total. The number of esters is 1. The number of ether oxygens (including phenoxy) is 2. The second-order valence-corrected chi connectivity index (χ2v) is 5.14. The first-order chi connectivity index (χ1) is 9.08. The van der Waals surface area contributed by atoms with E-state index in [0.29, 0.717) is 11.6 Å². The second-order valence-electron chi connectivity index (χ2n) is 5.14. The third-order valence-corrected chi connectivity index (χ3v) is 3.35. The van der Waals surface area contributed by atoms with Crippen molar-refractivity contribution in [2.75, 3.05) is 12.4 Å². The molecule has 0 radical (unpaired) electrons. The maximum atomic E-state index is 11.5. The Bertz CT molecular complexity index is 437. The van der Waals surface area contributed by atoms with Gasteiger partial charge >= 0.3 is 5.97 Å². The lowest BCUT2D eigenvalue weighted by Crippen LogP contribution is -2.36. The van der Waals surface area contributed by atoms with E-state index in [1.165, 1.54) is 7.11 Å². The van der Waals surface area contributed by atoms with E-state index in [-0.39, 0.29) is 18.2 Å². The van der Waals surface area contributed by atoms with E-state index in [4.69, 9.17) is 9.47 Å². The van der Waals surface area contributed by atoms with Crippen LogP contribution in [0.1, 0.15) is 37.0 Å². The van der Waals surface area contributed by atoms with Gasteiger partial charge in [-0.05, 0) is 44.9 Å². The SMILES string of the molecule is COC(=O)c1cccc(NC2CC(C)OC(C)C2)c1. The molecule has 0 saturated carbocycles. The Hall–Kier alpha value is -1.55. The fraction of sp³-hybridized carbons (Fsp3) is 0.533. The summed E-state index contributed by atoms with van der Waals surface area (Å²) in [4.78, 5) is 11.5. The van der Waals surface area contributed by atoms with E-state index in [2.05, 4.69) is 19.2 Å². The highest BCUT2D eigenvalue weighted by molar-refractivity contribution is 5.90. The Labute approximate surface area is 114 Å². The molecule has 2 unspecified atom stereocenters. The van der Waals surface area contributed by atoms with Gasteiger partial charge in [-0.15, -0.1) is 0 Å². The minimum absolute atomic E-state index is 0.269. The first-order valence-electron chi connectivity index (χ1n) is 6.69. The van der Waals surface area contributed by atoms with Gasteiger partial charge in [0.25, 0.3) is 0 Å². The summed E-state index contributed by atoms with van der Waals surface area (Å²) >= 11 is 0. The molecule has 0 bridgehead atoms. The first kappa shape index (κ1) is 13.9. The summed E-state index contributed by atoms with van der Waals surface area (Å²) in [7, 11) is 1.39. The summed E-state index contributed by atoms with van der Waals surface area (Å²) in [6, 6.07) is 7.80. The lowest BCUT2D eigenvalue weighted by molar-refractivity contribution is -0.0337. The number of hydrogen-bond donors (Lipinski definition) is 1. The van der Waals surface area contributed by atoms with Crippen LogP contribution in [0.2, 0.25) is 0 Å². The van der Waals surface area contributed by atoms with Crippen molar-refractivity contribution in [2.24, 2.45) is 0 Å².